The molecule has 1 saturated heterocycles. The number of hydrogen-bond donors (Lipinski definition) is 2. The minimum absolute atomic E-state index is 0.419. The summed E-state index contributed by atoms with van der Waals surface area (Å²) in [5.41, 5.74) is 8.22. The van der Waals surface area contributed by atoms with Crippen molar-refractivity contribution in [2.45, 2.75) is 6.54 Å². The molecule has 2 aromatic rings. The van der Waals surface area contributed by atoms with Crippen molar-refractivity contribution in [1.82, 2.24) is 9.80 Å². The van der Waals surface area contributed by atoms with E-state index in [2.05, 4.69) is 50.4 Å². The third-order valence-corrected chi connectivity index (χ3v) is 4.78. The molecule has 1 aliphatic heterocycles. The number of anilines is 1. The van der Waals surface area contributed by atoms with Gasteiger partial charge in [-0.1, -0.05) is 42.5 Å². The summed E-state index contributed by atoms with van der Waals surface area (Å²) in [5.74, 6) is 1.17. The quantitative estimate of drug-likeness (QED) is 0.580. The molecule has 0 unspecified atom stereocenters. The summed E-state index contributed by atoms with van der Waals surface area (Å²) in [6.07, 6.45) is 0. The van der Waals surface area contributed by atoms with Crippen LogP contribution in [0.4, 0.5) is 5.69 Å². The summed E-state index contributed by atoms with van der Waals surface area (Å²) < 4.78 is 5.31. The minimum Gasteiger partial charge on any atom is -0.495 e. The number of nitrogens with zero attached hydrogens (tertiary/aromatic N) is 3. The fourth-order valence-corrected chi connectivity index (χ4v) is 3.25. The number of methoxy groups -OCH3 is 1. The lowest BCUT2D eigenvalue weighted by Gasteiger charge is -2.34. The number of hydrogen-bond acceptors (Lipinski definition) is 4. The highest BCUT2D eigenvalue weighted by molar-refractivity contribution is 5.93. The zero-order valence-corrected chi connectivity index (χ0v) is 16.0. The van der Waals surface area contributed by atoms with Crippen molar-refractivity contribution in [2.75, 3.05) is 51.7 Å². The SMILES string of the molecule is COc1ccccc1NC(N)=NCCN1CCN(Cc2ccccc2)CC1. The second-order valence-corrected chi connectivity index (χ2v) is 6.70. The van der Waals surface area contributed by atoms with Gasteiger partial charge in [-0.05, 0) is 17.7 Å². The first kappa shape index (κ1) is 19.2. The van der Waals surface area contributed by atoms with Crippen LogP contribution in [0.3, 0.4) is 0 Å². The Hall–Kier alpha value is -2.57. The zero-order valence-electron chi connectivity index (χ0n) is 16.0. The topological polar surface area (TPSA) is 66.1 Å². The average molecular weight is 367 g/mol. The van der Waals surface area contributed by atoms with Crippen LogP contribution in [-0.2, 0) is 6.54 Å². The van der Waals surface area contributed by atoms with E-state index in [1.807, 2.05) is 24.3 Å². The molecule has 27 heavy (non-hydrogen) atoms. The van der Waals surface area contributed by atoms with Gasteiger partial charge in [0.05, 0.1) is 19.3 Å². The van der Waals surface area contributed by atoms with Crippen molar-refractivity contribution in [1.29, 1.82) is 0 Å². The summed E-state index contributed by atoms with van der Waals surface area (Å²) in [7, 11) is 1.64. The molecule has 0 bridgehead atoms. The summed E-state index contributed by atoms with van der Waals surface area (Å²) in [6.45, 7) is 6.97. The van der Waals surface area contributed by atoms with Crippen molar-refractivity contribution in [3.8, 4) is 5.75 Å². The van der Waals surface area contributed by atoms with Crippen LogP contribution in [0, 0.1) is 0 Å². The molecule has 1 aliphatic rings. The molecular formula is C21H29N5O. The minimum atomic E-state index is 0.419. The molecule has 0 amide bonds. The molecule has 0 aliphatic carbocycles. The lowest BCUT2D eigenvalue weighted by Crippen LogP contribution is -2.46. The maximum Gasteiger partial charge on any atom is 0.193 e. The van der Waals surface area contributed by atoms with E-state index in [0.29, 0.717) is 12.5 Å². The van der Waals surface area contributed by atoms with Gasteiger partial charge in [0.1, 0.15) is 5.75 Å². The van der Waals surface area contributed by atoms with Crippen LogP contribution in [-0.4, -0.2) is 62.1 Å². The number of piperazine rings is 1. The van der Waals surface area contributed by atoms with Crippen LogP contribution in [0.5, 0.6) is 5.75 Å². The molecule has 1 heterocycles. The van der Waals surface area contributed by atoms with Crippen molar-refractivity contribution < 1.29 is 4.74 Å². The van der Waals surface area contributed by atoms with Crippen LogP contribution in [0.25, 0.3) is 0 Å². The van der Waals surface area contributed by atoms with E-state index in [0.717, 1.165) is 50.7 Å². The van der Waals surface area contributed by atoms with E-state index in [1.165, 1.54) is 5.56 Å². The summed E-state index contributed by atoms with van der Waals surface area (Å²) in [6, 6.07) is 18.3. The third-order valence-electron chi connectivity index (χ3n) is 4.78. The van der Waals surface area contributed by atoms with Gasteiger partial charge in [0.25, 0.3) is 0 Å². The number of guanidine groups is 1. The van der Waals surface area contributed by atoms with Gasteiger partial charge in [0.2, 0.25) is 0 Å². The number of nitrogens with one attached hydrogen (secondary N) is 1. The predicted molar refractivity (Wildman–Crippen MR) is 111 cm³/mol. The highest BCUT2D eigenvalue weighted by Gasteiger charge is 2.16. The molecule has 144 valence electrons. The van der Waals surface area contributed by atoms with E-state index in [9.17, 15) is 0 Å². The number of ether oxygens (including phenoxy) is 1. The fourth-order valence-electron chi connectivity index (χ4n) is 3.25. The molecule has 1 fully saturated rings. The van der Waals surface area contributed by atoms with Gasteiger partial charge in [-0.15, -0.1) is 0 Å². The van der Waals surface area contributed by atoms with Gasteiger partial charge >= 0.3 is 0 Å². The number of benzene rings is 2. The Morgan fingerprint density at radius 1 is 1.00 bits per heavy atom. The van der Waals surface area contributed by atoms with E-state index in [-0.39, 0.29) is 0 Å². The second-order valence-electron chi connectivity index (χ2n) is 6.70. The smallest absolute Gasteiger partial charge is 0.193 e. The molecule has 2 aromatic carbocycles. The standard InChI is InChI=1S/C21H29N5O/c1-27-20-10-6-5-9-19(20)24-21(22)23-11-12-25-13-15-26(16-14-25)17-18-7-3-2-4-8-18/h2-10H,11-17H2,1H3,(H3,22,23,24). The van der Waals surface area contributed by atoms with Crippen molar-refractivity contribution >= 4 is 11.6 Å². The van der Waals surface area contributed by atoms with Crippen LogP contribution < -0.4 is 15.8 Å². The van der Waals surface area contributed by atoms with Gasteiger partial charge < -0.3 is 15.8 Å². The average Bonchev–Trinajstić information content (AvgIpc) is 2.70. The molecular weight excluding hydrogens is 338 g/mol. The molecule has 6 nitrogen and oxygen atoms in total. The molecule has 0 saturated carbocycles. The first-order valence-corrected chi connectivity index (χ1v) is 9.43. The van der Waals surface area contributed by atoms with Crippen molar-refractivity contribution in [3.63, 3.8) is 0 Å². The molecule has 0 atom stereocenters. The van der Waals surface area contributed by atoms with Gasteiger partial charge in [-0.3, -0.25) is 14.8 Å². The van der Waals surface area contributed by atoms with Gasteiger partial charge in [-0.2, -0.15) is 0 Å². The summed E-state index contributed by atoms with van der Waals surface area (Å²) >= 11 is 0. The van der Waals surface area contributed by atoms with E-state index in [1.54, 1.807) is 7.11 Å². The number of nitrogens with two attached hydrogens (primary N) is 1. The van der Waals surface area contributed by atoms with E-state index >= 15 is 0 Å². The molecule has 6 heteroatoms. The largest absolute Gasteiger partial charge is 0.495 e. The Kier molecular flexibility index (Phi) is 7.07. The maximum atomic E-state index is 6.01. The highest BCUT2D eigenvalue weighted by Crippen LogP contribution is 2.22. The maximum absolute atomic E-state index is 6.01. The van der Waals surface area contributed by atoms with Crippen LogP contribution >= 0.6 is 0 Å². The predicted octanol–water partition coefficient (Wildman–Crippen LogP) is 2.24. The summed E-state index contributed by atoms with van der Waals surface area (Å²) in [4.78, 5) is 9.40. The molecule has 0 radical (unpaired) electrons. The number of para-hydroxylation sites is 2. The first-order valence-electron chi connectivity index (χ1n) is 9.43. The number of rotatable bonds is 7. The van der Waals surface area contributed by atoms with Gasteiger partial charge in [0.15, 0.2) is 5.96 Å². The molecule has 0 aromatic heterocycles. The molecule has 0 spiro atoms. The normalized spacial score (nSPS) is 16.3. The van der Waals surface area contributed by atoms with Crippen molar-refractivity contribution in [2.24, 2.45) is 10.7 Å². The summed E-state index contributed by atoms with van der Waals surface area (Å²) in [5, 5.41) is 3.11. The Morgan fingerprint density at radius 3 is 2.41 bits per heavy atom. The van der Waals surface area contributed by atoms with Crippen LogP contribution in [0.1, 0.15) is 5.56 Å². The molecule has 3 rings (SSSR count). The van der Waals surface area contributed by atoms with Crippen LogP contribution in [0.2, 0.25) is 0 Å². The lowest BCUT2D eigenvalue weighted by molar-refractivity contribution is 0.130. The van der Waals surface area contributed by atoms with E-state index < -0.39 is 0 Å². The fraction of sp³-hybridized carbons (Fsp3) is 0.381. The first-order chi connectivity index (χ1) is 13.2. The zero-order chi connectivity index (χ0) is 18.9. The van der Waals surface area contributed by atoms with Gasteiger partial charge in [0, 0.05) is 39.3 Å². The Labute approximate surface area is 161 Å². The van der Waals surface area contributed by atoms with Crippen LogP contribution in [0.15, 0.2) is 59.6 Å². The Balaban J connectivity index is 1.39. The molecule has 3 N–H and O–H groups in total. The van der Waals surface area contributed by atoms with Gasteiger partial charge in [-0.25, -0.2) is 0 Å². The van der Waals surface area contributed by atoms with E-state index in [4.69, 9.17) is 10.5 Å². The Bertz CT molecular complexity index is 726. The lowest BCUT2D eigenvalue weighted by atomic mass is 10.2. The highest BCUT2D eigenvalue weighted by atomic mass is 16.5. The Morgan fingerprint density at radius 2 is 1.67 bits per heavy atom. The van der Waals surface area contributed by atoms with Crippen molar-refractivity contribution in [3.05, 3.63) is 60.2 Å². The number of aliphatic imine (C=N–C) groups is 1. The third kappa shape index (κ3) is 5.98. The monoisotopic (exact) mass is 367 g/mol. The second kappa shape index (κ2) is 9.94.